The Hall–Kier alpha value is -1.71. The van der Waals surface area contributed by atoms with Crippen molar-refractivity contribution in [1.82, 2.24) is 4.72 Å². The number of Topliss-reactive ketones (excluding diaryl/α,β-unsaturated/α-hetero) is 1. The van der Waals surface area contributed by atoms with Crippen molar-refractivity contribution in [3.05, 3.63) is 29.8 Å². The maximum Gasteiger partial charge on any atom is 0.241 e. The molecule has 16 heavy (non-hydrogen) atoms. The third-order valence-electron chi connectivity index (χ3n) is 1.91. The van der Waals surface area contributed by atoms with Crippen molar-refractivity contribution in [3.8, 4) is 6.07 Å². The van der Waals surface area contributed by atoms with Crippen LogP contribution < -0.4 is 4.72 Å². The lowest BCUT2D eigenvalue weighted by Gasteiger charge is -2.03. The summed E-state index contributed by atoms with van der Waals surface area (Å²) in [5.41, 5.74) is 0.444. The van der Waals surface area contributed by atoms with Gasteiger partial charge < -0.3 is 0 Å². The van der Waals surface area contributed by atoms with E-state index in [0.717, 1.165) is 0 Å². The Labute approximate surface area is 93.8 Å². The van der Waals surface area contributed by atoms with Crippen LogP contribution in [0.2, 0.25) is 0 Å². The van der Waals surface area contributed by atoms with Crippen LogP contribution in [0.5, 0.6) is 0 Å². The Balaban J connectivity index is 2.98. The highest BCUT2D eigenvalue weighted by Crippen LogP contribution is 2.10. The van der Waals surface area contributed by atoms with Gasteiger partial charge in [0.25, 0.3) is 0 Å². The molecule has 84 valence electrons. The van der Waals surface area contributed by atoms with Crippen LogP contribution in [0, 0.1) is 11.3 Å². The topological polar surface area (TPSA) is 87.0 Å². The zero-order chi connectivity index (χ0) is 12.2. The van der Waals surface area contributed by atoms with Gasteiger partial charge in [-0.25, -0.2) is 8.42 Å². The van der Waals surface area contributed by atoms with Gasteiger partial charge in [-0.15, -0.1) is 0 Å². The number of benzene rings is 1. The molecule has 0 heterocycles. The number of carbonyl (C=O) groups is 1. The predicted molar refractivity (Wildman–Crippen MR) is 57.2 cm³/mol. The molecule has 0 radical (unpaired) electrons. The number of carbonyl (C=O) groups excluding carboxylic acids is 1. The normalized spacial score (nSPS) is 10.8. The maximum atomic E-state index is 11.5. The summed E-state index contributed by atoms with van der Waals surface area (Å²) in [6.07, 6.45) is 0. The van der Waals surface area contributed by atoms with Gasteiger partial charge in [0, 0.05) is 5.56 Å². The summed E-state index contributed by atoms with van der Waals surface area (Å²) in [5.74, 6) is -0.131. The SMILES string of the molecule is CC(=O)c1ccc(S(=O)(=O)NCC#N)cc1. The Kier molecular flexibility index (Phi) is 3.77. The monoisotopic (exact) mass is 238 g/mol. The summed E-state index contributed by atoms with van der Waals surface area (Å²) in [6, 6.07) is 7.21. The minimum atomic E-state index is -3.65. The fourth-order valence-electron chi connectivity index (χ4n) is 1.08. The van der Waals surface area contributed by atoms with Crippen LogP contribution in [-0.4, -0.2) is 20.7 Å². The van der Waals surface area contributed by atoms with Crippen molar-refractivity contribution < 1.29 is 13.2 Å². The smallest absolute Gasteiger partial charge is 0.241 e. The minimum absolute atomic E-state index is 0.0350. The number of sulfonamides is 1. The molecule has 0 spiro atoms. The zero-order valence-electron chi connectivity index (χ0n) is 8.60. The average molecular weight is 238 g/mol. The first-order valence-corrected chi connectivity index (χ1v) is 5.93. The minimum Gasteiger partial charge on any atom is -0.295 e. The molecule has 0 aliphatic heterocycles. The molecule has 1 N–H and O–H groups in total. The molecule has 0 saturated heterocycles. The van der Waals surface area contributed by atoms with E-state index in [1.54, 1.807) is 6.07 Å². The number of hydrogen-bond acceptors (Lipinski definition) is 4. The Morgan fingerprint density at radius 1 is 1.38 bits per heavy atom. The van der Waals surface area contributed by atoms with Gasteiger partial charge in [-0.1, -0.05) is 12.1 Å². The Bertz CT molecular complexity index is 526. The second-order valence-corrected chi connectivity index (χ2v) is 4.83. The van der Waals surface area contributed by atoms with Gasteiger partial charge in [0.05, 0.1) is 17.5 Å². The summed E-state index contributed by atoms with van der Waals surface area (Å²) < 4.78 is 25.1. The van der Waals surface area contributed by atoms with Gasteiger partial charge in [-0.05, 0) is 19.1 Å². The van der Waals surface area contributed by atoms with E-state index in [2.05, 4.69) is 4.72 Å². The highest BCUT2D eigenvalue weighted by Gasteiger charge is 2.13. The van der Waals surface area contributed by atoms with E-state index < -0.39 is 10.0 Å². The van der Waals surface area contributed by atoms with E-state index in [-0.39, 0.29) is 17.2 Å². The van der Waals surface area contributed by atoms with E-state index in [4.69, 9.17) is 5.26 Å². The maximum absolute atomic E-state index is 11.5. The standard InChI is InChI=1S/C10H10N2O3S/c1-8(13)9-2-4-10(5-3-9)16(14,15)12-7-6-11/h2-5,12H,7H2,1H3. The Morgan fingerprint density at radius 3 is 2.38 bits per heavy atom. The molecule has 1 aromatic rings. The van der Waals surface area contributed by atoms with Crippen LogP contribution in [0.3, 0.4) is 0 Å². The van der Waals surface area contributed by atoms with E-state index >= 15 is 0 Å². The van der Waals surface area contributed by atoms with E-state index in [1.807, 2.05) is 0 Å². The predicted octanol–water partition coefficient (Wildman–Crippen LogP) is 0.691. The van der Waals surface area contributed by atoms with Crippen LogP contribution in [0.1, 0.15) is 17.3 Å². The lowest BCUT2D eigenvalue weighted by atomic mass is 10.2. The summed E-state index contributed by atoms with van der Waals surface area (Å²) in [5, 5.41) is 8.27. The van der Waals surface area contributed by atoms with Crippen LogP contribution in [-0.2, 0) is 10.0 Å². The molecule has 0 fully saturated rings. The lowest BCUT2D eigenvalue weighted by molar-refractivity contribution is 0.101. The molecular formula is C10H10N2O3S. The number of hydrogen-bond donors (Lipinski definition) is 1. The van der Waals surface area contributed by atoms with Gasteiger partial charge in [0.15, 0.2) is 5.78 Å². The first-order chi connectivity index (χ1) is 7.47. The summed E-state index contributed by atoms with van der Waals surface area (Å²) >= 11 is 0. The molecule has 0 aliphatic rings. The fraction of sp³-hybridized carbons (Fsp3) is 0.200. The Morgan fingerprint density at radius 2 is 1.94 bits per heavy atom. The van der Waals surface area contributed by atoms with E-state index in [1.165, 1.54) is 31.2 Å². The van der Waals surface area contributed by atoms with Crippen LogP contribution in [0.25, 0.3) is 0 Å². The molecule has 6 heteroatoms. The summed E-state index contributed by atoms with van der Waals surface area (Å²) in [4.78, 5) is 11.0. The molecule has 0 atom stereocenters. The molecular weight excluding hydrogens is 228 g/mol. The number of rotatable bonds is 4. The van der Waals surface area contributed by atoms with Gasteiger partial charge in [0.1, 0.15) is 0 Å². The van der Waals surface area contributed by atoms with Crippen molar-refractivity contribution in [2.75, 3.05) is 6.54 Å². The second-order valence-electron chi connectivity index (χ2n) is 3.06. The van der Waals surface area contributed by atoms with Crippen molar-refractivity contribution in [3.63, 3.8) is 0 Å². The number of nitrogens with zero attached hydrogens (tertiary/aromatic N) is 1. The number of ketones is 1. The highest BCUT2D eigenvalue weighted by molar-refractivity contribution is 7.89. The molecule has 0 aromatic heterocycles. The molecule has 1 rings (SSSR count). The van der Waals surface area contributed by atoms with Crippen LogP contribution in [0.4, 0.5) is 0 Å². The van der Waals surface area contributed by atoms with E-state index in [9.17, 15) is 13.2 Å². The first-order valence-electron chi connectivity index (χ1n) is 4.45. The van der Waals surface area contributed by atoms with Crippen molar-refractivity contribution in [1.29, 1.82) is 5.26 Å². The van der Waals surface area contributed by atoms with E-state index in [0.29, 0.717) is 5.56 Å². The highest BCUT2D eigenvalue weighted by atomic mass is 32.2. The molecule has 0 bridgehead atoms. The largest absolute Gasteiger partial charge is 0.295 e. The van der Waals surface area contributed by atoms with Crippen LogP contribution >= 0.6 is 0 Å². The molecule has 0 aliphatic carbocycles. The summed E-state index contributed by atoms with van der Waals surface area (Å²) in [6.45, 7) is 1.12. The van der Waals surface area contributed by atoms with Gasteiger partial charge in [-0.2, -0.15) is 9.98 Å². The molecule has 5 nitrogen and oxygen atoms in total. The second kappa shape index (κ2) is 4.88. The number of nitrogens with one attached hydrogen (secondary N) is 1. The molecule has 1 aromatic carbocycles. The van der Waals surface area contributed by atoms with Gasteiger partial charge in [0.2, 0.25) is 10.0 Å². The molecule has 0 amide bonds. The zero-order valence-corrected chi connectivity index (χ0v) is 9.41. The lowest BCUT2D eigenvalue weighted by Crippen LogP contribution is -2.23. The van der Waals surface area contributed by atoms with Crippen molar-refractivity contribution in [2.24, 2.45) is 0 Å². The first kappa shape index (κ1) is 12.4. The van der Waals surface area contributed by atoms with Crippen LogP contribution in [0.15, 0.2) is 29.2 Å². The van der Waals surface area contributed by atoms with Crippen molar-refractivity contribution >= 4 is 15.8 Å². The molecule has 0 unspecified atom stereocenters. The quantitative estimate of drug-likeness (QED) is 0.617. The summed E-state index contributed by atoms with van der Waals surface area (Å²) in [7, 11) is -3.65. The molecule has 0 saturated carbocycles. The number of nitriles is 1. The fourth-order valence-corrected chi connectivity index (χ4v) is 2.00. The van der Waals surface area contributed by atoms with Crippen molar-refractivity contribution in [2.45, 2.75) is 11.8 Å². The average Bonchev–Trinajstić information content (AvgIpc) is 2.26. The van der Waals surface area contributed by atoms with Gasteiger partial charge in [-0.3, -0.25) is 4.79 Å². The third-order valence-corrected chi connectivity index (χ3v) is 3.33. The van der Waals surface area contributed by atoms with Gasteiger partial charge >= 0.3 is 0 Å². The third kappa shape index (κ3) is 2.89.